The standard InChI is InChI=1S/C21H22ClF3N2O3S/c1-2-14-5-3-4-6-19(14)26-20(28)15-9-11-27(12-10-15)31(29,30)16-7-8-18(22)17(13-16)21(23,24)25/h3-8,13,15H,2,9-12H2,1H3,(H,26,28). The first-order valence-electron chi connectivity index (χ1n) is 9.79. The molecule has 1 amide bonds. The Kier molecular flexibility index (Phi) is 6.98. The normalized spacial score (nSPS) is 16.3. The Morgan fingerprint density at radius 2 is 1.81 bits per heavy atom. The fourth-order valence-corrected chi connectivity index (χ4v) is 5.30. The Hall–Kier alpha value is -2.10. The third-order valence-electron chi connectivity index (χ3n) is 5.36. The van der Waals surface area contributed by atoms with E-state index in [1.165, 1.54) is 0 Å². The molecule has 5 nitrogen and oxygen atoms in total. The van der Waals surface area contributed by atoms with Gasteiger partial charge in [-0.3, -0.25) is 4.79 Å². The molecule has 0 unspecified atom stereocenters. The Bertz CT molecular complexity index is 1070. The van der Waals surface area contributed by atoms with Crippen molar-refractivity contribution in [2.75, 3.05) is 18.4 Å². The van der Waals surface area contributed by atoms with E-state index >= 15 is 0 Å². The molecule has 1 N–H and O–H groups in total. The SMILES string of the molecule is CCc1ccccc1NC(=O)C1CCN(S(=O)(=O)c2ccc(Cl)c(C(F)(F)F)c2)CC1. The number of benzene rings is 2. The van der Waals surface area contributed by atoms with E-state index in [0.717, 1.165) is 34.1 Å². The topological polar surface area (TPSA) is 66.5 Å². The molecule has 10 heteroatoms. The van der Waals surface area contributed by atoms with Crippen LogP contribution in [-0.4, -0.2) is 31.7 Å². The molecule has 0 aromatic heterocycles. The molecule has 1 saturated heterocycles. The summed E-state index contributed by atoms with van der Waals surface area (Å²) in [6.45, 7) is 2.06. The summed E-state index contributed by atoms with van der Waals surface area (Å²) in [5.74, 6) is -0.573. The molecule has 0 saturated carbocycles. The molecule has 0 spiro atoms. The predicted octanol–water partition coefficient (Wildman–Crippen LogP) is 4.96. The van der Waals surface area contributed by atoms with Gasteiger partial charge in [0.25, 0.3) is 0 Å². The number of rotatable bonds is 5. The van der Waals surface area contributed by atoms with Crippen molar-refractivity contribution in [1.29, 1.82) is 0 Å². The molecule has 0 radical (unpaired) electrons. The van der Waals surface area contributed by atoms with Gasteiger partial charge in [-0.05, 0) is 49.1 Å². The molecule has 1 aliphatic heterocycles. The number of nitrogens with one attached hydrogen (secondary N) is 1. The van der Waals surface area contributed by atoms with Crippen LogP contribution in [0.4, 0.5) is 18.9 Å². The number of hydrogen-bond acceptors (Lipinski definition) is 3. The summed E-state index contributed by atoms with van der Waals surface area (Å²) in [4.78, 5) is 12.2. The Balaban J connectivity index is 1.69. The summed E-state index contributed by atoms with van der Waals surface area (Å²) in [5.41, 5.74) is 0.532. The van der Waals surface area contributed by atoms with Crippen LogP contribution in [0.25, 0.3) is 0 Å². The second kappa shape index (κ2) is 9.18. The lowest BCUT2D eigenvalue weighted by Crippen LogP contribution is -2.41. The van der Waals surface area contributed by atoms with Crippen LogP contribution in [0.1, 0.15) is 30.9 Å². The Labute approximate surface area is 184 Å². The van der Waals surface area contributed by atoms with Crippen molar-refractivity contribution in [3.63, 3.8) is 0 Å². The summed E-state index contributed by atoms with van der Waals surface area (Å²) in [6.07, 6.45) is -3.45. The van der Waals surface area contributed by atoms with E-state index in [0.29, 0.717) is 6.07 Å². The van der Waals surface area contributed by atoms with Gasteiger partial charge in [-0.15, -0.1) is 0 Å². The Morgan fingerprint density at radius 1 is 1.16 bits per heavy atom. The highest BCUT2D eigenvalue weighted by atomic mass is 35.5. The number of halogens is 4. The minimum atomic E-state index is -4.76. The third kappa shape index (κ3) is 5.22. The summed E-state index contributed by atoms with van der Waals surface area (Å²) in [6, 6.07) is 10.00. The van der Waals surface area contributed by atoms with E-state index in [2.05, 4.69) is 5.32 Å². The van der Waals surface area contributed by atoms with Crippen molar-refractivity contribution in [2.45, 2.75) is 37.3 Å². The summed E-state index contributed by atoms with van der Waals surface area (Å²) < 4.78 is 66.1. The van der Waals surface area contributed by atoms with Gasteiger partial charge in [0.05, 0.1) is 15.5 Å². The third-order valence-corrected chi connectivity index (χ3v) is 7.59. The average molecular weight is 475 g/mol. The van der Waals surface area contributed by atoms with E-state index in [1.54, 1.807) is 0 Å². The number of alkyl halides is 3. The lowest BCUT2D eigenvalue weighted by atomic mass is 9.97. The van der Waals surface area contributed by atoms with Crippen LogP contribution in [-0.2, 0) is 27.4 Å². The van der Waals surface area contributed by atoms with E-state index < -0.39 is 31.7 Å². The molecule has 0 aliphatic carbocycles. The van der Waals surface area contributed by atoms with Crippen molar-refractivity contribution in [3.8, 4) is 0 Å². The minimum absolute atomic E-state index is 0.0415. The smallest absolute Gasteiger partial charge is 0.326 e. The van der Waals surface area contributed by atoms with Gasteiger partial charge in [0, 0.05) is 24.7 Å². The zero-order valence-electron chi connectivity index (χ0n) is 16.7. The number of piperidine rings is 1. The molecular weight excluding hydrogens is 453 g/mol. The van der Waals surface area contributed by atoms with Crippen LogP contribution < -0.4 is 5.32 Å². The Morgan fingerprint density at radius 3 is 2.42 bits per heavy atom. The molecule has 2 aromatic carbocycles. The van der Waals surface area contributed by atoms with Crippen LogP contribution in [0.5, 0.6) is 0 Å². The molecule has 31 heavy (non-hydrogen) atoms. The van der Waals surface area contributed by atoms with E-state index in [1.807, 2.05) is 31.2 Å². The first-order chi connectivity index (χ1) is 14.5. The van der Waals surface area contributed by atoms with Gasteiger partial charge in [0.2, 0.25) is 15.9 Å². The minimum Gasteiger partial charge on any atom is -0.326 e. The van der Waals surface area contributed by atoms with Crippen LogP contribution in [0.15, 0.2) is 47.4 Å². The maximum absolute atomic E-state index is 13.1. The van der Waals surface area contributed by atoms with Crippen molar-refractivity contribution in [1.82, 2.24) is 4.31 Å². The molecule has 2 aromatic rings. The number of anilines is 1. The highest BCUT2D eigenvalue weighted by Crippen LogP contribution is 2.37. The van der Waals surface area contributed by atoms with E-state index in [9.17, 15) is 26.4 Å². The number of nitrogens with zero attached hydrogens (tertiary/aromatic N) is 1. The van der Waals surface area contributed by atoms with Gasteiger partial charge >= 0.3 is 6.18 Å². The molecule has 1 fully saturated rings. The average Bonchev–Trinajstić information content (AvgIpc) is 2.73. The number of carbonyl (C=O) groups excluding carboxylic acids is 1. The number of para-hydroxylation sites is 1. The molecule has 0 bridgehead atoms. The second-order valence-corrected chi connectivity index (χ2v) is 9.66. The summed E-state index contributed by atoms with van der Waals surface area (Å²) in [7, 11) is -4.14. The lowest BCUT2D eigenvalue weighted by Gasteiger charge is -2.31. The van der Waals surface area contributed by atoms with Gasteiger partial charge in [-0.2, -0.15) is 17.5 Å². The maximum Gasteiger partial charge on any atom is 0.417 e. The highest BCUT2D eigenvalue weighted by Gasteiger charge is 2.37. The van der Waals surface area contributed by atoms with E-state index in [4.69, 9.17) is 11.6 Å². The zero-order valence-corrected chi connectivity index (χ0v) is 18.3. The van der Waals surface area contributed by atoms with Crippen LogP contribution in [0, 0.1) is 5.92 Å². The van der Waals surface area contributed by atoms with Crippen molar-refractivity contribution >= 4 is 33.2 Å². The number of hydrogen-bond donors (Lipinski definition) is 1. The summed E-state index contributed by atoms with van der Waals surface area (Å²) in [5, 5.41) is 2.34. The van der Waals surface area contributed by atoms with Crippen molar-refractivity contribution < 1.29 is 26.4 Å². The quantitative estimate of drug-likeness (QED) is 0.666. The van der Waals surface area contributed by atoms with Crippen molar-refractivity contribution in [3.05, 3.63) is 58.6 Å². The van der Waals surface area contributed by atoms with Gasteiger partial charge in [-0.25, -0.2) is 8.42 Å². The highest BCUT2D eigenvalue weighted by molar-refractivity contribution is 7.89. The number of carbonyl (C=O) groups is 1. The van der Waals surface area contributed by atoms with Gasteiger partial charge in [0.1, 0.15) is 0 Å². The largest absolute Gasteiger partial charge is 0.417 e. The molecule has 1 aliphatic rings. The number of sulfonamides is 1. The van der Waals surface area contributed by atoms with Crippen LogP contribution in [0.2, 0.25) is 5.02 Å². The molecular formula is C21H22ClF3N2O3S. The second-order valence-electron chi connectivity index (χ2n) is 7.32. The van der Waals surface area contributed by atoms with Crippen LogP contribution >= 0.6 is 11.6 Å². The molecule has 1 heterocycles. The molecule has 168 valence electrons. The van der Waals surface area contributed by atoms with Crippen molar-refractivity contribution in [2.24, 2.45) is 5.92 Å². The van der Waals surface area contributed by atoms with E-state index in [-0.39, 0.29) is 37.8 Å². The number of aryl methyl sites for hydroxylation is 1. The fraction of sp³-hybridized carbons (Fsp3) is 0.381. The first-order valence-corrected chi connectivity index (χ1v) is 11.6. The van der Waals surface area contributed by atoms with Gasteiger partial charge in [-0.1, -0.05) is 36.7 Å². The lowest BCUT2D eigenvalue weighted by molar-refractivity contribution is -0.137. The fourth-order valence-electron chi connectivity index (χ4n) is 3.57. The molecule has 3 rings (SSSR count). The van der Waals surface area contributed by atoms with Crippen LogP contribution in [0.3, 0.4) is 0 Å². The predicted molar refractivity (Wildman–Crippen MR) is 112 cm³/mol. The summed E-state index contributed by atoms with van der Waals surface area (Å²) >= 11 is 5.59. The van der Waals surface area contributed by atoms with Gasteiger partial charge < -0.3 is 5.32 Å². The maximum atomic E-state index is 13.1. The molecule has 0 atom stereocenters. The number of amides is 1. The monoisotopic (exact) mass is 474 g/mol. The zero-order chi connectivity index (χ0) is 22.8. The first kappa shape index (κ1) is 23.6. The van der Waals surface area contributed by atoms with Gasteiger partial charge in [0.15, 0.2) is 0 Å².